The van der Waals surface area contributed by atoms with Crippen LogP contribution in [0.25, 0.3) is 0 Å². The number of nitrogens with zero attached hydrogens (tertiary/aromatic N) is 4. The number of hydrogen-bond donors (Lipinski definition) is 1. The number of methoxy groups -OCH3 is 1. The van der Waals surface area contributed by atoms with Gasteiger partial charge in [0.1, 0.15) is 18.1 Å². The summed E-state index contributed by atoms with van der Waals surface area (Å²) in [6.07, 6.45) is -1.50. The van der Waals surface area contributed by atoms with Gasteiger partial charge >= 0.3 is 0 Å². The SMILES string of the molecule is COc1ccc(/C=N\n2c(C(F)F)n[nH]c2=S)cc1COc1cccc([N+](=O)[O-])c1. The average molecular weight is 435 g/mol. The zero-order valence-electron chi connectivity index (χ0n) is 15.5. The van der Waals surface area contributed by atoms with E-state index in [2.05, 4.69) is 15.3 Å². The molecule has 2 aromatic carbocycles. The second kappa shape index (κ2) is 9.22. The summed E-state index contributed by atoms with van der Waals surface area (Å²) in [4.78, 5) is 10.4. The van der Waals surface area contributed by atoms with Crippen molar-refractivity contribution in [1.82, 2.24) is 14.9 Å². The molecule has 9 nitrogen and oxygen atoms in total. The van der Waals surface area contributed by atoms with Crippen molar-refractivity contribution in [3.05, 3.63) is 74.3 Å². The van der Waals surface area contributed by atoms with Crippen LogP contribution in [-0.4, -0.2) is 33.1 Å². The number of H-pyrrole nitrogens is 1. The lowest BCUT2D eigenvalue weighted by atomic mass is 10.1. The van der Waals surface area contributed by atoms with Crippen LogP contribution >= 0.6 is 12.2 Å². The van der Waals surface area contributed by atoms with Gasteiger partial charge in [0, 0.05) is 11.6 Å². The first kappa shape index (κ1) is 21.0. The molecule has 0 aliphatic heterocycles. The number of nitro benzene ring substituents is 1. The van der Waals surface area contributed by atoms with E-state index >= 15 is 0 Å². The summed E-state index contributed by atoms with van der Waals surface area (Å²) < 4.78 is 37.7. The number of alkyl halides is 2. The third kappa shape index (κ3) is 4.84. The van der Waals surface area contributed by atoms with Gasteiger partial charge in [-0.25, -0.2) is 13.9 Å². The van der Waals surface area contributed by atoms with Crippen molar-refractivity contribution in [3.8, 4) is 11.5 Å². The molecular weight excluding hydrogens is 420 g/mol. The summed E-state index contributed by atoms with van der Waals surface area (Å²) in [6, 6.07) is 10.8. The van der Waals surface area contributed by atoms with Crippen LogP contribution in [0.5, 0.6) is 11.5 Å². The summed E-state index contributed by atoms with van der Waals surface area (Å²) in [7, 11) is 1.49. The molecule has 30 heavy (non-hydrogen) atoms. The largest absolute Gasteiger partial charge is 0.496 e. The molecule has 0 unspecified atom stereocenters. The Morgan fingerprint density at radius 3 is 2.87 bits per heavy atom. The molecule has 0 atom stereocenters. The third-order valence-corrected chi connectivity index (χ3v) is 4.18. The molecule has 1 heterocycles. The number of nitro groups is 1. The van der Waals surface area contributed by atoms with Gasteiger partial charge in [-0.15, -0.1) is 0 Å². The van der Waals surface area contributed by atoms with E-state index in [9.17, 15) is 18.9 Å². The van der Waals surface area contributed by atoms with Crippen LogP contribution in [0.15, 0.2) is 47.6 Å². The molecule has 1 N–H and O–H groups in total. The first-order chi connectivity index (χ1) is 14.4. The number of hydrogen-bond acceptors (Lipinski definition) is 7. The normalized spacial score (nSPS) is 11.2. The Labute approximate surface area is 173 Å². The number of aromatic nitrogens is 3. The first-order valence-corrected chi connectivity index (χ1v) is 8.84. The minimum atomic E-state index is -2.84. The van der Waals surface area contributed by atoms with E-state index in [0.717, 1.165) is 4.68 Å². The maximum atomic E-state index is 13.0. The highest BCUT2D eigenvalue weighted by atomic mass is 32.1. The molecule has 0 amide bonds. The lowest BCUT2D eigenvalue weighted by molar-refractivity contribution is -0.384. The topological polar surface area (TPSA) is 108 Å². The summed E-state index contributed by atoms with van der Waals surface area (Å²) in [5.74, 6) is 0.237. The molecule has 0 spiro atoms. The standard InChI is InChI=1S/C18H15F2N5O4S/c1-28-15-6-5-11(9-21-24-17(16(19)20)22-23-18(24)30)7-12(15)10-29-14-4-2-3-13(8-14)25(26)27/h2-9,16H,10H2,1H3,(H,23,30)/b21-9-. The van der Waals surface area contributed by atoms with Crippen LogP contribution in [0.4, 0.5) is 14.5 Å². The Kier molecular flexibility index (Phi) is 6.47. The van der Waals surface area contributed by atoms with Gasteiger partial charge in [0.05, 0.1) is 24.3 Å². The van der Waals surface area contributed by atoms with Gasteiger partial charge < -0.3 is 9.47 Å². The van der Waals surface area contributed by atoms with Crippen molar-refractivity contribution >= 4 is 24.1 Å². The molecule has 3 rings (SSSR count). The van der Waals surface area contributed by atoms with E-state index < -0.39 is 17.2 Å². The van der Waals surface area contributed by atoms with Crippen molar-refractivity contribution in [1.29, 1.82) is 0 Å². The molecule has 0 aliphatic carbocycles. The van der Waals surface area contributed by atoms with E-state index in [1.807, 2.05) is 0 Å². The maximum absolute atomic E-state index is 13.0. The van der Waals surface area contributed by atoms with Gasteiger partial charge in [-0.3, -0.25) is 10.1 Å². The van der Waals surface area contributed by atoms with Crippen LogP contribution in [0, 0.1) is 14.9 Å². The molecular formula is C18H15F2N5O4S. The molecule has 0 aliphatic rings. The number of halogens is 2. The zero-order valence-corrected chi connectivity index (χ0v) is 16.3. The molecule has 12 heteroatoms. The smallest absolute Gasteiger partial charge is 0.299 e. The minimum absolute atomic E-state index is 0.0550. The molecule has 0 fully saturated rings. The van der Waals surface area contributed by atoms with E-state index in [0.29, 0.717) is 22.6 Å². The fraction of sp³-hybridized carbons (Fsp3) is 0.167. The molecule has 0 saturated carbocycles. The maximum Gasteiger partial charge on any atom is 0.299 e. The zero-order chi connectivity index (χ0) is 21.7. The highest BCUT2D eigenvalue weighted by Gasteiger charge is 2.16. The van der Waals surface area contributed by atoms with Gasteiger partial charge in [-0.1, -0.05) is 6.07 Å². The van der Waals surface area contributed by atoms with Gasteiger partial charge in [-0.2, -0.15) is 14.9 Å². The molecule has 1 aromatic heterocycles. The Balaban J connectivity index is 1.82. The summed E-state index contributed by atoms with van der Waals surface area (Å²) >= 11 is 4.91. The summed E-state index contributed by atoms with van der Waals surface area (Å²) in [5, 5.41) is 20.6. The molecule has 0 radical (unpaired) electrons. The highest BCUT2D eigenvalue weighted by Crippen LogP contribution is 2.24. The second-order valence-corrected chi connectivity index (χ2v) is 6.25. The van der Waals surface area contributed by atoms with Crippen molar-refractivity contribution in [3.63, 3.8) is 0 Å². The Bertz CT molecular complexity index is 1150. The van der Waals surface area contributed by atoms with Crippen molar-refractivity contribution in [2.24, 2.45) is 5.10 Å². The van der Waals surface area contributed by atoms with Gasteiger partial charge in [-0.05, 0) is 42.0 Å². The second-order valence-electron chi connectivity index (χ2n) is 5.86. The number of non-ortho nitro benzene ring substituents is 1. The number of ether oxygens (including phenoxy) is 2. The third-order valence-electron chi connectivity index (χ3n) is 3.92. The van der Waals surface area contributed by atoms with Gasteiger partial charge in [0.2, 0.25) is 10.6 Å². The van der Waals surface area contributed by atoms with E-state index in [1.165, 1.54) is 31.5 Å². The highest BCUT2D eigenvalue weighted by molar-refractivity contribution is 7.71. The predicted octanol–water partition coefficient (Wildman–Crippen LogP) is 4.26. The van der Waals surface area contributed by atoms with Gasteiger partial charge in [0.25, 0.3) is 12.1 Å². The number of rotatable bonds is 8. The Hall–Kier alpha value is -3.67. The van der Waals surface area contributed by atoms with E-state index in [4.69, 9.17) is 21.7 Å². The lowest BCUT2D eigenvalue weighted by Crippen LogP contribution is -2.02. The van der Waals surface area contributed by atoms with Crippen molar-refractivity contribution in [2.45, 2.75) is 13.0 Å². The van der Waals surface area contributed by atoms with E-state index in [1.54, 1.807) is 24.3 Å². The van der Waals surface area contributed by atoms with Crippen LogP contribution in [0.2, 0.25) is 0 Å². The quantitative estimate of drug-likeness (QED) is 0.245. The molecule has 0 saturated heterocycles. The van der Waals surface area contributed by atoms with Gasteiger partial charge in [0.15, 0.2) is 0 Å². The van der Waals surface area contributed by atoms with Crippen molar-refractivity contribution in [2.75, 3.05) is 7.11 Å². The number of benzene rings is 2. The average Bonchev–Trinajstić information content (AvgIpc) is 3.11. The predicted molar refractivity (Wildman–Crippen MR) is 106 cm³/mol. The van der Waals surface area contributed by atoms with Crippen molar-refractivity contribution < 1.29 is 23.2 Å². The van der Waals surface area contributed by atoms with E-state index in [-0.39, 0.29) is 17.1 Å². The number of nitrogens with one attached hydrogen (secondary N) is 1. The minimum Gasteiger partial charge on any atom is -0.496 e. The summed E-state index contributed by atoms with van der Waals surface area (Å²) in [5.41, 5.74) is 1.10. The van der Waals surface area contributed by atoms with Crippen LogP contribution in [-0.2, 0) is 6.61 Å². The fourth-order valence-electron chi connectivity index (χ4n) is 2.52. The fourth-order valence-corrected chi connectivity index (χ4v) is 2.71. The Morgan fingerprint density at radius 2 is 2.17 bits per heavy atom. The monoisotopic (exact) mass is 435 g/mol. The first-order valence-electron chi connectivity index (χ1n) is 8.43. The Morgan fingerprint density at radius 1 is 1.37 bits per heavy atom. The van der Waals surface area contributed by atoms with Crippen LogP contribution < -0.4 is 9.47 Å². The molecule has 3 aromatic rings. The van der Waals surface area contributed by atoms with Crippen LogP contribution in [0.3, 0.4) is 0 Å². The summed E-state index contributed by atoms with van der Waals surface area (Å²) in [6.45, 7) is 0.0550. The lowest BCUT2D eigenvalue weighted by Gasteiger charge is -2.11. The van der Waals surface area contributed by atoms with Crippen LogP contribution in [0.1, 0.15) is 23.4 Å². The number of aromatic amines is 1. The molecule has 0 bridgehead atoms. The molecule has 156 valence electrons.